The van der Waals surface area contributed by atoms with Gasteiger partial charge in [-0.1, -0.05) is 54.6 Å². The molecule has 5 heteroatoms. The van der Waals surface area contributed by atoms with Crippen LogP contribution in [0.1, 0.15) is 18.1 Å². The number of fused-ring (bicyclic) bond motifs is 1. The number of rotatable bonds is 3. The van der Waals surface area contributed by atoms with Crippen molar-refractivity contribution in [3.63, 3.8) is 0 Å². The predicted octanol–water partition coefficient (Wildman–Crippen LogP) is 4.61. The van der Waals surface area contributed by atoms with Gasteiger partial charge in [0, 0.05) is 5.56 Å². The van der Waals surface area contributed by atoms with E-state index in [1.54, 1.807) is 6.26 Å². The van der Waals surface area contributed by atoms with Crippen LogP contribution < -0.4 is 11.5 Å². The highest BCUT2D eigenvalue weighted by atomic mass is 16.3. The lowest BCUT2D eigenvalue weighted by Gasteiger charge is -2.05. The Balaban J connectivity index is 1.69. The number of hydrogen-bond donors (Lipinski definition) is 2. The lowest BCUT2D eigenvalue weighted by molar-refractivity contribution is 0.602. The van der Waals surface area contributed by atoms with Gasteiger partial charge in [-0.05, 0) is 35.3 Å². The quantitative estimate of drug-likeness (QED) is 0.567. The molecule has 0 atom stereocenters. The molecule has 5 nitrogen and oxygen atoms in total. The van der Waals surface area contributed by atoms with E-state index in [-0.39, 0.29) is 5.95 Å². The molecule has 0 saturated carbocycles. The molecule has 0 aliphatic heterocycles. The maximum absolute atomic E-state index is 5.98. The van der Waals surface area contributed by atoms with E-state index < -0.39 is 0 Å². The van der Waals surface area contributed by atoms with Crippen molar-refractivity contribution in [1.82, 2.24) is 9.97 Å². The van der Waals surface area contributed by atoms with Crippen LogP contribution in [0.4, 0.5) is 11.8 Å². The van der Waals surface area contributed by atoms with Crippen molar-refractivity contribution in [2.45, 2.75) is 6.92 Å². The van der Waals surface area contributed by atoms with Crippen molar-refractivity contribution in [2.24, 2.45) is 0 Å². The van der Waals surface area contributed by atoms with Gasteiger partial charge in [-0.2, -0.15) is 9.97 Å². The van der Waals surface area contributed by atoms with Gasteiger partial charge < -0.3 is 15.9 Å². The van der Waals surface area contributed by atoms with Crippen LogP contribution in [0.2, 0.25) is 0 Å². The molecule has 0 aliphatic carbocycles. The molecule has 2 aromatic heterocycles. The third kappa shape index (κ3) is 2.91. The summed E-state index contributed by atoms with van der Waals surface area (Å²) in [5, 5.41) is 0.680. The minimum Gasteiger partial charge on any atom is -0.445 e. The summed E-state index contributed by atoms with van der Waals surface area (Å²) in [7, 11) is 0. The number of nitrogen functional groups attached to an aromatic ring is 2. The third-order valence-electron chi connectivity index (χ3n) is 4.33. The number of allylic oxidation sites excluding steroid dienone is 1. The molecule has 0 spiro atoms. The first-order chi connectivity index (χ1) is 12.6. The summed E-state index contributed by atoms with van der Waals surface area (Å²) in [6.07, 6.45) is 3.64. The van der Waals surface area contributed by atoms with Gasteiger partial charge in [0.05, 0.1) is 5.39 Å². The minimum absolute atomic E-state index is 0.105. The van der Waals surface area contributed by atoms with Gasteiger partial charge in [0.2, 0.25) is 11.7 Å². The summed E-state index contributed by atoms with van der Waals surface area (Å²) >= 11 is 0. The third-order valence-corrected chi connectivity index (χ3v) is 4.33. The zero-order valence-electron chi connectivity index (χ0n) is 14.3. The first kappa shape index (κ1) is 15.9. The Hall–Kier alpha value is -3.60. The van der Waals surface area contributed by atoms with E-state index in [4.69, 9.17) is 15.9 Å². The maximum atomic E-state index is 5.98. The Morgan fingerprint density at radius 2 is 1.62 bits per heavy atom. The molecular formula is C21H18N4O. The topological polar surface area (TPSA) is 91.0 Å². The first-order valence-corrected chi connectivity index (χ1v) is 8.26. The second kappa shape index (κ2) is 6.37. The molecule has 0 aliphatic rings. The Bertz CT molecular complexity index is 1100. The van der Waals surface area contributed by atoms with Crippen LogP contribution in [0.15, 0.2) is 65.3 Å². The van der Waals surface area contributed by atoms with Crippen LogP contribution >= 0.6 is 0 Å². The fourth-order valence-electron chi connectivity index (χ4n) is 2.99. The van der Waals surface area contributed by atoms with Crippen LogP contribution in [-0.2, 0) is 0 Å². The van der Waals surface area contributed by atoms with Gasteiger partial charge in [-0.25, -0.2) is 0 Å². The lowest BCUT2D eigenvalue weighted by atomic mass is 10.00. The molecule has 0 radical (unpaired) electrons. The van der Waals surface area contributed by atoms with Gasteiger partial charge in [-0.15, -0.1) is 0 Å². The minimum atomic E-state index is 0.105. The zero-order valence-corrected chi connectivity index (χ0v) is 14.3. The maximum Gasteiger partial charge on any atom is 0.233 e. The van der Waals surface area contributed by atoms with Crippen molar-refractivity contribution in [3.05, 3.63) is 72.0 Å². The monoisotopic (exact) mass is 342 g/mol. The summed E-state index contributed by atoms with van der Waals surface area (Å²) in [6.45, 7) is 2.05. The van der Waals surface area contributed by atoms with Crippen molar-refractivity contribution in [2.75, 3.05) is 11.5 Å². The molecule has 128 valence electrons. The molecule has 26 heavy (non-hydrogen) atoms. The molecule has 2 heterocycles. The molecule has 0 saturated heterocycles. The highest BCUT2D eigenvalue weighted by molar-refractivity contribution is 5.97. The highest BCUT2D eigenvalue weighted by Crippen LogP contribution is 2.29. The molecule has 4 aromatic rings. The van der Waals surface area contributed by atoms with Crippen molar-refractivity contribution in [1.29, 1.82) is 0 Å². The van der Waals surface area contributed by atoms with Gasteiger partial charge in [0.15, 0.2) is 0 Å². The van der Waals surface area contributed by atoms with Crippen LogP contribution in [0.5, 0.6) is 0 Å². The number of furan rings is 1. The van der Waals surface area contributed by atoms with E-state index in [0.717, 1.165) is 16.7 Å². The molecule has 2 aromatic carbocycles. The van der Waals surface area contributed by atoms with Crippen molar-refractivity contribution in [3.8, 4) is 11.1 Å². The second-order valence-electron chi connectivity index (χ2n) is 6.11. The van der Waals surface area contributed by atoms with Crippen LogP contribution in [0, 0.1) is 0 Å². The molecule has 4 N–H and O–H groups in total. The number of nitrogens with zero attached hydrogens (tertiary/aromatic N) is 2. The van der Waals surface area contributed by atoms with Crippen LogP contribution in [-0.4, -0.2) is 9.97 Å². The van der Waals surface area contributed by atoms with Gasteiger partial charge in [0.25, 0.3) is 0 Å². The summed E-state index contributed by atoms with van der Waals surface area (Å²) in [6, 6.07) is 18.7. The van der Waals surface area contributed by atoms with E-state index in [1.165, 1.54) is 11.1 Å². The van der Waals surface area contributed by atoms with Crippen molar-refractivity contribution < 1.29 is 4.42 Å². The number of anilines is 2. The van der Waals surface area contributed by atoms with Crippen LogP contribution in [0.3, 0.4) is 0 Å². The Morgan fingerprint density at radius 1 is 0.923 bits per heavy atom. The normalized spacial score (nSPS) is 11.8. The predicted molar refractivity (Wildman–Crippen MR) is 106 cm³/mol. The second-order valence-corrected chi connectivity index (χ2v) is 6.11. The van der Waals surface area contributed by atoms with E-state index in [1.807, 2.05) is 31.2 Å². The first-order valence-electron chi connectivity index (χ1n) is 8.26. The Kier molecular flexibility index (Phi) is 3.89. The van der Waals surface area contributed by atoms with E-state index in [2.05, 4.69) is 46.4 Å². The molecule has 4 rings (SSSR count). The Labute approximate surface area is 151 Å². The fraction of sp³-hybridized carbons (Fsp3) is 0.0476. The van der Waals surface area contributed by atoms with E-state index >= 15 is 0 Å². The van der Waals surface area contributed by atoms with Gasteiger partial charge in [0.1, 0.15) is 12.1 Å². The summed E-state index contributed by atoms with van der Waals surface area (Å²) in [4.78, 5) is 8.09. The molecule has 0 amide bonds. The smallest absolute Gasteiger partial charge is 0.233 e. The largest absolute Gasteiger partial charge is 0.445 e. The number of nitrogens with two attached hydrogens (primary N) is 2. The summed E-state index contributed by atoms with van der Waals surface area (Å²) in [5.41, 5.74) is 17.4. The average molecular weight is 342 g/mol. The standard InChI is InChI=1S/C21H18N4O/c1-13(11-17-12-26-20-18(17)19(22)24-21(23)25-20)14-7-9-16(10-8-14)15-5-3-2-4-6-15/h2-12H,1H3,(H4,22,23,24,25)/b13-11-. The fourth-order valence-corrected chi connectivity index (χ4v) is 2.99. The molecule has 0 fully saturated rings. The summed E-state index contributed by atoms with van der Waals surface area (Å²) < 4.78 is 5.47. The van der Waals surface area contributed by atoms with E-state index in [0.29, 0.717) is 16.9 Å². The molecule has 0 unspecified atom stereocenters. The molecular weight excluding hydrogens is 324 g/mol. The lowest BCUT2D eigenvalue weighted by Crippen LogP contribution is -1.99. The SMILES string of the molecule is C/C(=C/c1coc2nc(N)nc(N)c12)c1ccc(-c2ccccc2)cc1. The highest BCUT2D eigenvalue weighted by Gasteiger charge is 2.12. The van der Waals surface area contributed by atoms with E-state index in [9.17, 15) is 0 Å². The van der Waals surface area contributed by atoms with Crippen molar-refractivity contribution >= 4 is 34.5 Å². The number of benzene rings is 2. The summed E-state index contributed by atoms with van der Waals surface area (Å²) in [5.74, 6) is 0.424. The number of hydrogen-bond acceptors (Lipinski definition) is 5. The van der Waals surface area contributed by atoms with Gasteiger partial charge in [-0.3, -0.25) is 0 Å². The van der Waals surface area contributed by atoms with Crippen LogP contribution in [0.25, 0.3) is 33.9 Å². The number of aromatic nitrogens is 2. The Morgan fingerprint density at radius 3 is 2.35 bits per heavy atom. The average Bonchev–Trinajstić information content (AvgIpc) is 3.05. The zero-order chi connectivity index (χ0) is 18.1. The van der Waals surface area contributed by atoms with Gasteiger partial charge >= 0.3 is 0 Å². The molecule has 0 bridgehead atoms.